The molecule has 0 saturated heterocycles. The van der Waals surface area contributed by atoms with Gasteiger partial charge in [-0.1, -0.05) is 29.8 Å². The maximum absolute atomic E-state index is 4.12. The van der Waals surface area contributed by atoms with Gasteiger partial charge < -0.3 is 5.32 Å². The van der Waals surface area contributed by atoms with E-state index in [0.717, 1.165) is 13.0 Å². The third-order valence-corrected chi connectivity index (χ3v) is 2.71. The van der Waals surface area contributed by atoms with Crippen LogP contribution in [0.5, 0.6) is 0 Å². The van der Waals surface area contributed by atoms with E-state index in [4.69, 9.17) is 0 Å². The standard InChI is InChI=1S/C13H17N3/c1-10-3-5-11(6-4-10)12-9-15-16-13(12)7-8-14-2/h3-6,9,14H,7-8H2,1-2H3,(H,15,16). The van der Waals surface area contributed by atoms with E-state index in [1.165, 1.54) is 22.4 Å². The van der Waals surface area contributed by atoms with Crippen molar-refractivity contribution in [2.24, 2.45) is 0 Å². The molecular weight excluding hydrogens is 198 g/mol. The fourth-order valence-corrected chi connectivity index (χ4v) is 1.74. The first kappa shape index (κ1) is 10.9. The highest BCUT2D eigenvalue weighted by Crippen LogP contribution is 2.22. The van der Waals surface area contributed by atoms with E-state index in [1.807, 2.05) is 13.2 Å². The van der Waals surface area contributed by atoms with Gasteiger partial charge in [-0.2, -0.15) is 5.10 Å². The number of rotatable bonds is 4. The maximum Gasteiger partial charge on any atom is 0.0568 e. The Morgan fingerprint density at radius 2 is 2.00 bits per heavy atom. The molecule has 0 aliphatic rings. The van der Waals surface area contributed by atoms with Crippen LogP contribution in [0.2, 0.25) is 0 Å². The van der Waals surface area contributed by atoms with Crippen LogP contribution in [0.15, 0.2) is 30.5 Å². The van der Waals surface area contributed by atoms with Crippen LogP contribution in [0.3, 0.4) is 0 Å². The zero-order valence-electron chi connectivity index (χ0n) is 9.75. The first-order chi connectivity index (χ1) is 7.81. The number of nitrogens with zero attached hydrogens (tertiary/aromatic N) is 1. The molecule has 2 rings (SSSR count). The van der Waals surface area contributed by atoms with E-state index in [2.05, 4.69) is 46.7 Å². The van der Waals surface area contributed by atoms with Crippen molar-refractivity contribution in [3.05, 3.63) is 41.7 Å². The largest absolute Gasteiger partial charge is 0.319 e. The van der Waals surface area contributed by atoms with Gasteiger partial charge in [-0.05, 0) is 19.5 Å². The topological polar surface area (TPSA) is 40.7 Å². The normalized spacial score (nSPS) is 10.6. The summed E-state index contributed by atoms with van der Waals surface area (Å²) in [4.78, 5) is 0. The van der Waals surface area contributed by atoms with Gasteiger partial charge >= 0.3 is 0 Å². The van der Waals surface area contributed by atoms with E-state index >= 15 is 0 Å². The summed E-state index contributed by atoms with van der Waals surface area (Å²) in [5.74, 6) is 0. The predicted octanol–water partition coefficient (Wildman–Crippen LogP) is 2.15. The Labute approximate surface area is 95.9 Å². The smallest absolute Gasteiger partial charge is 0.0568 e. The summed E-state index contributed by atoms with van der Waals surface area (Å²) in [5, 5.41) is 10.3. The Morgan fingerprint density at radius 1 is 1.25 bits per heavy atom. The van der Waals surface area contributed by atoms with Crippen molar-refractivity contribution in [1.82, 2.24) is 15.5 Å². The number of aromatic amines is 1. The molecule has 0 aliphatic heterocycles. The van der Waals surface area contributed by atoms with Crippen molar-refractivity contribution in [2.45, 2.75) is 13.3 Å². The molecule has 2 N–H and O–H groups in total. The SMILES string of the molecule is CNCCc1[nH]ncc1-c1ccc(C)cc1. The number of aromatic nitrogens is 2. The third-order valence-electron chi connectivity index (χ3n) is 2.71. The zero-order chi connectivity index (χ0) is 11.4. The van der Waals surface area contributed by atoms with Crippen molar-refractivity contribution in [3.8, 4) is 11.1 Å². The lowest BCUT2D eigenvalue weighted by Gasteiger charge is -2.03. The second-order valence-corrected chi connectivity index (χ2v) is 3.98. The summed E-state index contributed by atoms with van der Waals surface area (Å²) in [6.45, 7) is 3.06. The minimum atomic E-state index is 0.959. The van der Waals surface area contributed by atoms with Gasteiger partial charge in [-0.3, -0.25) is 5.10 Å². The molecule has 0 aliphatic carbocycles. The molecule has 3 heteroatoms. The Bertz CT molecular complexity index is 442. The third kappa shape index (κ3) is 2.31. The van der Waals surface area contributed by atoms with Gasteiger partial charge in [0.2, 0.25) is 0 Å². The van der Waals surface area contributed by atoms with Crippen molar-refractivity contribution >= 4 is 0 Å². The summed E-state index contributed by atoms with van der Waals surface area (Å²) in [6.07, 6.45) is 2.87. The number of hydrogen-bond donors (Lipinski definition) is 2. The molecule has 0 amide bonds. The molecule has 0 unspecified atom stereocenters. The predicted molar refractivity (Wildman–Crippen MR) is 66.4 cm³/mol. The molecule has 0 bridgehead atoms. The van der Waals surface area contributed by atoms with Crippen LogP contribution >= 0.6 is 0 Å². The van der Waals surface area contributed by atoms with Gasteiger partial charge in [0.05, 0.1) is 6.20 Å². The number of hydrogen-bond acceptors (Lipinski definition) is 2. The molecule has 0 fully saturated rings. The van der Waals surface area contributed by atoms with Crippen LogP contribution in [0.1, 0.15) is 11.3 Å². The van der Waals surface area contributed by atoms with Crippen LogP contribution in [0, 0.1) is 6.92 Å². The van der Waals surface area contributed by atoms with Gasteiger partial charge in [-0.25, -0.2) is 0 Å². The number of benzene rings is 1. The summed E-state index contributed by atoms with van der Waals surface area (Å²) < 4.78 is 0. The molecule has 1 heterocycles. The molecule has 0 spiro atoms. The minimum absolute atomic E-state index is 0.959. The maximum atomic E-state index is 4.12. The monoisotopic (exact) mass is 215 g/mol. The Kier molecular flexibility index (Phi) is 3.37. The quantitative estimate of drug-likeness (QED) is 0.820. The lowest BCUT2D eigenvalue weighted by molar-refractivity contribution is 0.773. The molecule has 16 heavy (non-hydrogen) atoms. The molecule has 1 aromatic heterocycles. The molecule has 0 radical (unpaired) electrons. The van der Waals surface area contributed by atoms with E-state index in [9.17, 15) is 0 Å². The number of likely N-dealkylation sites (N-methyl/N-ethyl adjacent to an activating group) is 1. The van der Waals surface area contributed by atoms with Crippen LogP contribution in [-0.2, 0) is 6.42 Å². The molecule has 0 atom stereocenters. The van der Waals surface area contributed by atoms with Crippen molar-refractivity contribution in [1.29, 1.82) is 0 Å². The molecular formula is C13H17N3. The summed E-state index contributed by atoms with van der Waals surface area (Å²) >= 11 is 0. The summed E-state index contributed by atoms with van der Waals surface area (Å²) in [5.41, 5.74) is 4.91. The van der Waals surface area contributed by atoms with Gasteiger partial charge in [0.1, 0.15) is 0 Å². The highest BCUT2D eigenvalue weighted by atomic mass is 15.1. The highest BCUT2D eigenvalue weighted by molar-refractivity contribution is 5.65. The number of aryl methyl sites for hydroxylation is 1. The Morgan fingerprint density at radius 3 is 2.69 bits per heavy atom. The second-order valence-electron chi connectivity index (χ2n) is 3.98. The fraction of sp³-hybridized carbons (Fsp3) is 0.308. The van der Waals surface area contributed by atoms with Gasteiger partial charge in [0.25, 0.3) is 0 Å². The van der Waals surface area contributed by atoms with E-state index < -0.39 is 0 Å². The average Bonchev–Trinajstić information content (AvgIpc) is 2.75. The lowest BCUT2D eigenvalue weighted by Crippen LogP contribution is -2.11. The number of nitrogens with one attached hydrogen (secondary N) is 2. The molecule has 3 nitrogen and oxygen atoms in total. The van der Waals surface area contributed by atoms with Gasteiger partial charge in [-0.15, -0.1) is 0 Å². The molecule has 2 aromatic rings. The van der Waals surface area contributed by atoms with Crippen molar-refractivity contribution in [3.63, 3.8) is 0 Å². The highest BCUT2D eigenvalue weighted by Gasteiger charge is 2.06. The van der Waals surface area contributed by atoms with E-state index in [0.29, 0.717) is 0 Å². The zero-order valence-corrected chi connectivity index (χ0v) is 9.75. The summed E-state index contributed by atoms with van der Waals surface area (Å²) in [7, 11) is 1.96. The van der Waals surface area contributed by atoms with Crippen LogP contribution < -0.4 is 5.32 Å². The lowest BCUT2D eigenvalue weighted by atomic mass is 10.0. The molecule has 84 valence electrons. The van der Waals surface area contributed by atoms with E-state index in [-0.39, 0.29) is 0 Å². The molecule has 1 aromatic carbocycles. The van der Waals surface area contributed by atoms with Crippen molar-refractivity contribution in [2.75, 3.05) is 13.6 Å². The first-order valence-electron chi connectivity index (χ1n) is 5.55. The Balaban J connectivity index is 2.26. The van der Waals surface area contributed by atoms with Crippen molar-refractivity contribution < 1.29 is 0 Å². The fourth-order valence-electron chi connectivity index (χ4n) is 1.74. The average molecular weight is 215 g/mol. The van der Waals surface area contributed by atoms with Gasteiger partial charge in [0, 0.05) is 24.2 Å². The van der Waals surface area contributed by atoms with Crippen LogP contribution in [0.4, 0.5) is 0 Å². The van der Waals surface area contributed by atoms with Gasteiger partial charge in [0.15, 0.2) is 0 Å². The molecule has 0 saturated carbocycles. The van der Waals surface area contributed by atoms with Crippen LogP contribution in [-0.4, -0.2) is 23.8 Å². The Hall–Kier alpha value is -1.61. The second kappa shape index (κ2) is 4.94. The number of H-pyrrole nitrogens is 1. The van der Waals surface area contributed by atoms with E-state index in [1.54, 1.807) is 0 Å². The summed E-state index contributed by atoms with van der Waals surface area (Å²) in [6, 6.07) is 8.54. The first-order valence-corrected chi connectivity index (χ1v) is 5.55. The minimum Gasteiger partial charge on any atom is -0.319 e. The van der Waals surface area contributed by atoms with Crippen LogP contribution in [0.25, 0.3) is 11.1 Å².